The Bertz CT molecular complexity index is 584. The summed E-state index contributed by atoms with van der Waals surface area (Å²) >= 11 is 0. The minimum atomic E-state index is 0.452. The normalized spacial score (nSPS) is 19.6. The number of nitrogens with one attached hydrogen (secondary N) is 1. The van der Waals surface area contributed by atoms with E-state index < -0.39 is 0 Å². The fourth-order valence-electron chi connectivity index (χ4n) is 2.88. The van der Waals surface area contributed by atoms with E-state index in [0.717, 1.165) is 54.7 Å². The van der Waals surface area contributed by atoms with Crippen molar-refractivity contribution < 1.29 is 0 Å². The number of nitrogens with zero attached hydrogens (tertiary/aromatic N) is 4. The summed E-state index contributed by atoms with van der Waals surface area (Å²) in [4.78, 5) is 19.2. The molecule has 3 heterocycles. The Hall–Kier alpha value is -1.75. The first-order valence-corrected chi connectivity index (χ1v) is 7.15. The average molecular weight is 271 g/mol. The molecule has 5 nitrogen and oxygen atoms in total. The van der Waals surface area contributed by atoms with Crippen molar-refractivity contribution in [2.45, 2.75) is 39.7 Å². The largest absolute Gasteiger partial charge is 0.348 e. The summed E-state index contributed by atoms with van der Waals surface area (Å²) in [6, 6.07) is 2.03. The summed E-state index contributed by atoms with van der Waals surface area (Å²) < 4.78 is 0. The minimum Gasteiger partial charge on any atom is -0.348 e. The zero-order valence-corrected chi connectivity index (χ0v) is 12.3. The maximum Gasteiger partial charge on any atom is 0.133 e. The van der Waals surface area contributed by atoms with E-state index in [2.05, 4.69) is 31.8 Å². The number of aromatic amines is 1. The van der Waals surface area contributed by atoms with Gasteiger partial charge in [-0.15, -0.1) is 0 Å². The lowest BCUT2D eigenvalue weighted by Crippen LogP contribution is -2.21. The fraction of sp³-hybridized carbons (Fsp3) is 0.533. The first kappa shape index (κ1) is 13.2. The molecule has 1 saturated heterocycles. The van der Waals surface area contributed by atoms with Crippen LogP contribution in [0, 0.1) is 20.8 Å². The van der Waals surface area contributed by atoms with E-state index >= 15 is 0 Å². The molecular formula is C15H21N5. The van der Waals surface area contributed by atoms with E-state index in [1.165, 1.54) is 0 Å². The van der Waals surface area contributed by atoms with Crippen molar-refractivity contribution >= 4 is 0 Å². The predicted molar refractivity (Wildman–Crippen MR) is 77.5 cm³/mol. The first-order valence-electron chi connectivity index (χ1n) is 7.15. The highest BCUT2D eigenvalue weighted by molar-refractivity contribution is 5.13. The summed E-state index contributed by atoms with van der Waals surface area (Å²) in [5, 5.41) is 0. The molecule has 0 spiro atoms. The number of hydrogen-bond acceptors (Lipinski definition) is 4. The molecule has 5 heteroatoms. The topological polar surface area (TPSA) is 57.7 Å². The Labute approximate surface area is 119 Å². The molecule has 0 amide bonds. The highest BCUT2D eigenvalue weighted by Gasteiger charge is 2.26. The average Bonchev–Trinajstić information content (AvgIpc) is 2.99. The number of H-pyrrole nitrogens is 1. The Morgan fingerprint density at radius 1 is 1.25 bits per heavy atom. The molecule has 0 saturated carbocycles. The number of imidazole rings is 1. The van der Waals surface area contributed by atoms with Crippen molar-refractivity contribution in [3.05, 3.63) is 41.0 Å². The summed E-state index contributed by atoms with van der Waals surface area (Å²) in [5.74, 6) is 1.46. The van der Waals surface area contributed by atoms with Gasteiger partial charge in [0.2, 0.25) is 0 Å². The number of aromatic nitrogens is 4. The molecule has 0 aromatic carbocycles. The summed E-state index contributed by atoms with van der Waals surface area (Å²) in [6.07, 6.45) is 2.90. The third-order valence-electron chi connectivity index (χ3n) is 3.94. The van der Waals surface area contributed by atoms with Crippen LogP contribution < -0.4 is 0 Å². The van der Waals surface area contributed by atoms with Gasteiger partial charge in [-0.2, -0.15) is 0 Å². The Kier molecular flexibility index (Phi) is 3.53. The number of aryl methyl sites for hydroxylation is 3. The zero-order chi connectivity index (χ0) is 14.1. The van der Waals surface area contributed by atoms with Crippen LogP contribution in [0.1, 0.15) is 40.9 Å². The van der Waals surface area contributed by atoms with Crippen LogP contribution >= 0.6 is 0 Å². The molecule has 0 unspecified atom stereocenters. The van der Waals surface area contributed by atoms with Gasteiger partial charge in [-0.25, -0.2) is 15.0 Å². The van der Waals surface area contributed by atoms with E-state index in [1.807, 2.05) is 19.9 Å². The highest BCUT2D eigenvalue weighted by Crippen LogP contribution is 2.26. The second-order valence-corrected chi connectivity index (χ2v) is 5.70. The van der Waals surface area contributed by atoms with Crippen molar-refractivity contribution in [2.24, 2.45) is 0 Å². The van der Waals surface area contributed by atoms with Crippen molar-refractivity contribution in [1.82, 2.24) is 24.8 Å². The van der Waals surface area contributed by atoms with Crippen LogP contribution in [-0.4, -0.2) is 37.9 Å². The standard InChI is InChI=1S/C15H21N5/c1-10-6-11(2)19-15(18-10)13-4-5-20(7-13)8-14-12(3)16-9-17-14/h6,9,13H,4-5,7-8H2,1-3H3,(H,16,17)/t13-/m1/s1. The Morgan fingerprint density at radius 2 is 2.00 bits per heavy atom. The van der Waals surface area contributed by atoms with Crippen LogP contribution in [0.3, 0.4) is 0 Å². The van der Waals surface area contributed by atoms with Gasteiger partial charge in [0, 0.05) is 36.1 Å². The van der Waals surface area contributed by atoms with Crippen LogP contribution in [0.25, 0.3) is 0 Å². The molecule has 0 bridgehead atoms. The van der Waals surface area contributed by atoms with Gasteiger partial charge in [-0.1, -0.05) is 0 Å². The molecule has 1 N–H and O–H groups in total. The maximum absolute atomic E-state index is 4.61. The molecule has 1 atom stereocenters. The molecular weight excluding hydrogens is 250 g/mol. The van der Waals surface area contributed by atoms with Gasteiger partial charge in [0.15, 0.2) is 0 Å². The predicted octanol–water partition coefficient (Wildman–Crippen LogP) is 2.11. The van der Waals surface area contributed by atoms with E-state index in [4.69, 9.17) is 0 Å². The lowest BCUT2D eigenvalue weighted by molar-refractivity contribution is 0.321. The number of rotatable bonds is 3. The molecule has 1 aliphatic rings. The van der Waals surface area contributed by atoms with Crippen LogP contribution in [-0.2, 0) is 6.54 Å². The van der Waals surface area contributed by atoms with Gasteiger partial charge in [0.05, 0.1) is 12.0 Å². The third-order valence-corrected chi connectivity index (χ3v) is 3.94. The SMILES string of the molecule is Cc1cc(C)nc([C@@H]2CCN(Cc3nc[nH]c3C)C2)n1. The molecule has 2 aromatic rings. The van der Waals surface area contributed by atoms with Crippen LogP contribution in [0.4, 0.5) is 0 Å². The molecule has 1 aliphatic heterocycles. The van der Waals surface area contributed by atoms with Gasteiger partial charge in [0.1, 0.15) is 5.82 Å². The van der Waals surface area contributed by atoms with Crippen LogP contribution in [0.2, 0.25) is 0 Å². The third kappa shape index (κ3) is 2.72. The summed E-state index contributed by atoms with van der Waals surface area (Å²) in [7, 11) is 0. The van der Waals surface area contributed by atoms with E-state index in [0.29, 0.717) is 5.92 Å². The Balaban J connectivity index is 1.69. The van der Waals surface area contributed by atoms with Gasteiger partial charge in [-0.05, 0) is 39.8 Å². The summed E-state index contributed by atoms with van der Waals surface area (Å²) in [6.45, 7) is 9.18. The fourth-order valence-corrected chi connectivity index (χ4v) is 2.88. The maximum atomic E-state index is 4.61. The van der Waals surface area contributed by atoms with Gasteiger partial charge in [-0.3, -0.25) is 4.90 Å². The Morgan fingerprint density at radius 3 is 2.65 bits per heavy atom. The highest BCUT2D eigenvalue weighted by atomic mass is 15.2. The van der Waals surface area contributed by atoms with E-state index in [9.17, 15) is 0 Å². The van der Waals surface area contributed by atoms with Crippen LogP contribution in [0.15, 0.2) is 12.4 Å². The van der Waals surface area contributed by atoms with Crippen molar-refractivity contribution in [3.8, 4) is 0 Å². The molecule has 0 radical (unpaired) electrons. The molecule has 1 fully saturated rings. The van der Waals surface area contributed by atoms with E-state index in [-0.39, 0.29) is 0 Å². The second-order valence-electron chi connectivity index (χ2n) is 5.70. The van der Waals surface area contributed by atoms with E-state index in [1.54, 1.807) is 6.33 Å². The van der Waals surface area contributed by atoms with Crippen molar-refractivity contribution in [1.29, 1.82) is 0 Å². The smallest absolute Gasteiger partial charge is 0.133 e. The quantitative estimate of drug-likeness (QED) is 0.929. The van der Waals surface area contributed by atoms with Crippen LogP contribution in [0.5, 0.6) is 0 Å². The molecule has 0 aliphatic carbocycles. The minimum absolute atomic E-state index is 0.452. The molecule has 2 aromatic heterocycles. The van der Waals surface area contributed by atoms with Gasteiger partial charge < -0.3 is 4.98 Å². The summed E-state index contributed by atoms with van der Waals surface area (Å²) in [5.41, 5.74) is 4.44. The zero-order valence-electron chi connectivity index (χ0n) is 12.3. The second kappa shape index (κ2) is 5.32. The first-order chi connectivity index (χ1) is 9.61. The van der Waals surface area contributed by atoms with Gasteiger partial charge in [0.25, 0.3) is 0 Å². The molecule has 106 valence electrons. The van der Waals surface area contributed by atoms with Crippen molar-refractivity contribution in [3.63, 3.8) is 0 Å². The number of hydrogen-bond donors (Lipinski definition) is 1. The lowest BCUT2D eigenvalue weighted by atomic mass is 10.1. The van der Waals surface area contributed by atoms with Gasteiger partial charge >= 0.3 is 0 Å². The molecule has 20 heavy (non-hydrogen) atoms. The van der Waals surface area contributed by atoms with Crippen molar-refractivity contribution in [2.75, 3.05) is 13.1 Å². The lowest BCUT2D eigenvalue weighted by Gasteiger charge is -2.15. The molecule has 3 rings (SSSR count). The monoisotopic (exact) mass is 271 g/mol. The number of likely N-dealkylation sites (tertiary alicyclic amines) is 1.